The summed E-state index contributed by atoms with van der Waals surface area (Å²) in [5, 5.41) is 5.93. The van der Waals surface area contributed by atoms with Gasteiger partial charge in [0.1, 0.15) is 33.5 Å². The number of hydrogen-bond acceptors (Lipinski definition) is 6. The average molecular weight is 848 g/mol. The quantitative estimate of drug-likeness (QED) is 0.172. The lowest BCUT2D eigenvalue weighted by Crippen LogP contribution is -2.14. The van der Waals surface area contributed by atoms with Crippen molar-refractivity contribution in [1.29, 1.82) is 0 Å². The van der Waals surface area contributed by atoms with E-state index in [2.05, 4.69) is 129 Å². The predicted molar refractivity (Wildman–Crippen MR) is 266 cm³/mol. The number of para-hydroxylation sites is 2. The van der Waals surface area contributed by atoms with E-state index in [9.17, 15) is 0 Å². The summed E-state index contributed by atoms with van der Waals surface area (Å²) in [5.74, 6) is 1.64. The van der Waals surface area contributed by atoms with Crippen LogP contribution in [0.4, 0.5) is 0 Å². The minimum Gasteiger partial charge on any atom is -0.456 e. The van der Waals surface area contributed by atoms with Crippen LogP contribution in [0.2, 0.25) is 0 Å². The van der Waals surface area contributed by atoms with Gasteiger partial charge in [0.2, 0.25) is 0 Å². The SMILES string of the molecule is CC1(C)c2ccccc2-c2ccc(-c3ccc(-c4ccc5oc6cccc(-c7nc(-c8ccc9oc%10ccccc%10c9c8)nc(-c8cccc9oc%10ccccc%10c89)n7)c6c5c4)cc3)cc21. The van der Waals surface area contributed by atoms with E-state index in [1.54, 1.807) is 0 Å². The predicted octanol–water partition coefficient (Wildman–Crippen LogP) is 16.2. The molecule has 0 atom stereocenters. The fourth-order valence-corrected chi connectivity index (χ4v) is 10.5. The van der Waals surface area contributed by atoms with Crippen molar-refractivity contribution < 1.29 is 13.3 Å². The fraction of sp³-hybridized carbons (Fsp3) is 0.0500. The highest BCUT2D eigenvalue weighted by Crippen LogP contribution is 2.50. The Labute approximate surface area is 378 Å². The average Bonchev–Trinajstić information content (AvgIpc) is 4.11. The molecular formula is C60H37N3O3. The number of fused-ring (bicyclic) bond motifs is 12. The molecule has 6 nitrogen and oxygen atoms in total. The second-order valence-corrected chi connectivity index (χ2v) is 17.9. The monoisotopic (exact) mass is 847 g/mol. The molecule has 1 aliphatic rings. The number of aromatic nitrogens is 3. The van der Waals surface area contributed by atoms with Crippen LogP contribution in [0.3, 0.4) is 0 Å². The minimum atomic E-state index is -0.0550. The molecule has 66 heavy (non-hydrogen) atoms. The molecule has 0 N–H and O–H groups in total. The first-order chi connectivity index (χ1) is 32.4. The Bertz CT molecular complexity index is 4150. The zero-order chi connectivity index (χ0) is 43.7. The van der Waals surface area contributed by atoms with E-state index in [-0.39, 0.29) is 5.41 Å². The molecule has 0 aliphatic heterocycles. The van der Waals surface area contributed by atoms with Crippen LogP contribution in [0.1, 0.15) is 25.0 Å². The number of nitrogens with zero attached hydrogens (tertiary/aromatic N) is 3. The summed E-state index contributed by atoms with van der Waals surface area (Å²) in [6.45, 7) is 4.66. The minimum absolute atomic E-state index is 0.0550. The molecule has 4 aromatic heterocycles. The lowest BCUT2D eigenvalue weighted by Gasteiger charge is -2.22. The standard InChI is InChI=1S/C60H37N3O3/c1-60(2)47-16-6-3-11-39(47)40-28-25-37(33-48(40)60)35-23-21-34(22-24-35)36-26-29-52-46(31-36)56-44(15-10-20-54(56)66-52)59-62-57(38-27-30-51-45(32-38)41-12-4-7-17-49(41)64-51)61-58(63-59)43-14-9-19-53-55(43)42-13-5-8-18-50(42)65-53/h3-33H,1-2H3. The highest BCUT2D eigenvalue weighted by atomic mass is 16.3. The third-order valence-electron chi connectivity index (χ3n) is 13.8. The second kappa shape index (κ2) is 13.7. The molecule has 4 heterocycles. The Morgan fingerprint density at radius 2 is 0.758 bits per heavy atom. The number of rotatable bonds is 5. The van der Waals surface area contributed by atoms with Crippen LogP contribution in [0.15, 0.2) is 201 Å². The first-order valence-corrected chi connectivity index (χ1v) is 22.3. The maximum Gasteiger partial charge on any atom is 0.164 e. The Morgan fingerprint density at radius 3 is 1.48 bits per heavy atom. The zero-order valence-corrected chi connectivity index (χ0v) is 36.0. The van der Waals surface area contributed by atoms with Crippen LogP contribution < -0.4 is 0 Å². The molecule has 310 valence electrons. The van der Waals surface area contributed by atoms with Gasteiger partial charge in [0.25, 0.3) is 0 Å². The molecule has 0 saturated heterocycles. The van der Waals surface area contributed by atoms with Gasteiger partial charge in [0.05, 0.1) is 0 Å². The zero-order valence-electron chi connectivity index (χ0n) is 36.0. The summed E-state index contributed by atoms with van der Waals surface area (Å²) in [4.78, 5) is 15.8. The lowest BCUT2D eigenvalue weighted by atomic mass is 9.81. The molecule has 0 fully saturated rings. The lowest BCUT2D eigenvalue weighted by molar-refractivity contribution is 0.660. The normalized spacial score (nSPS) is 13.1. The van der Waals surface area contributed by atoms with Crippen LogP contribution >= 0.6 is 0 Å². The second-order valence-electron chi connectivity index (χ2n) is 17.9. The van der Waals surface area contributed by atoms with Crippen molar-refractivity contribution in [2.45, 2.75) is 19.3 Å². The van der Waals surface area contributed by atoms with Crippen LogP contribution in [-0.4, -0.2) is 15.0 Å². The number of furan rings is 3. The van der Waals surface area contributed by atoms with Crippen molar-refractivity contribution >= 4 is 65.8 Å². The maximum absolute atomic E-state index is 6.57. The van der Waals surface area contributed by atoms with E-state index in [4.69, 9.17) is 28.2 Å². The largest absolute Gasteiger partial charge is 0.456 e. The van der Waals surface area contributed by atoms with E-state index in [0.29, 0.717) is 17.5 Å². The van der Waals surface area contributed by atoms with Crippen molar-refractivity contribution in [3.8, 4) is 67.5 Å². The molecular weight excluding hydrogens is 811 g/mol. The van der Waals surface area contributed by atoms with E-state index < -0.39 is 0 Å². The first-order valence-electron chi connectivity index (χ1n) is 22.3. The summed E-state index contributed by atoms with van der Waals surface area (Å²) in [5.41, 5.74) is 17.3. The number of hydrogen-bond donors (Lipinski definition) is 0. The van der Waals surface area contributed by atoms with Crippen molar-refractivity contribution in [3.05, 3.63) is 199 Å². The third-order valence-corrected chi connectivity index (χ3v) is 13.8. The Hall–Kier alpha value is -8.61. The number of benzene rings is 9. The Kier molecular flexibility index (Phi) is 7.64. The molecule has 0 bridgehead atoms. The molecule has 0 amide bonds. The topological polar surface area (TPSA) is 78.1 Å². The van der Waals surface area contributed by atoms with Gasteiger partial charge in [-0.15, -0.1) is 0 Å². The van der Waals surface area contributed by atoms with Gasteiger partial charge in [-0.25, -0.2) is 15.0 Å². The van der Waals surface area contributed by atoms with Gasteiger partial charge in [0.15, 0.2) is 17.5 Å². The molecule has 1 aliphatic carbocycles. The third kappa shape index (κ3) is 5.45. The van der Waals surface area contributed by atoms with Crippen molar-refractivity contribution in [3.63, 3.8) is 0 Å². The molecule has 0 spiro atoms. The summed E-state index contributed by atoms with van der Waals surface area (Å²) in [7, 11) is 0. The van der Waals surface area contributed by atoms with Gasteiger partial charge in [0, 0.05) is 54.4 Å². The molecule has 0 saturated carbocycles. The van der Waals surface area contributed by atoms with Gasteiger partial charge in [-0.2, -0.15) is 0 Å². The van der Waals surface area contributed by atoms with Gasteiger partial charge in [-0.1, -0.05) is 141 Å². The summed E-state index contributed by atoms with van der Waals surface area (Å²) < 4.78 is 19.1. The Morgan fingerprint density at radius 1 is 0.303 bits per heavy atom. The van der Waals surface area contributed by atoms with Gasteiger partial charge in [-0.3, -0.25) is 0 Å². The molecule has 0 radical (unpaired) electrons. The van der Waals surface area contributed by atoms with Crippen LogP contribution in [0.5, 0.6) is 0 Å². The first kappa shape index (κ1) is 36.8. The summed E-state index contributed by atoms with van der Waals surface area (Å²) in [6.07, 6.45) is 0. The van der Waals surface area contributed by atoms with E-state index in [0.717, 1.165) is 93.6 Å². The van der Waals surface area contributed by atoms with Crippen LogP contribution in [0.25, 0.3) is 133 Å². The molecule has 9 aromatic carbocycles. The van der Waals surface area contributed by atoms with Crippen LogP contribution in [-0.2, 0) is 5.41 Å². The Balaban J connectivity index is 0.910. The van der Waals surface area contributed by atoms with E-state index in [1.807, 2.05) is 72.8 Å². The smallest absolute Gasteiger partial charge is 0.164 e. The highest BCUT2D eigenvalue weighted by Gasteiger charge is 2.35. The highest BCUT2D eigenvalue weighted by molar-refractivity contribution is 6.14. The van der Waals surface area contributed by atoms with Gasteiger partial charge >= 0.3 is 0 Å². The van der Waals surface area contributed by atoms with Gasteiger partial charge in [-0.05, 0) is 105 Å². The maximum atomic E-state index is 6.57. The van der Waals surface area contributed by atoms with Crippen molar-refractivity contribution in [1.82, 2.24) is 15.0 Å². The van der Waals surface area contributed by atoms with Gasteiger partial charge < -0.3 is 13.3 Å². The van der Waals surface area contributed by atoms with E-state index >= 15 is 0 Å². The van der Waals surface area contributed by atoms with Crippen molar-refractivity contribution in [2.75, 3.05) is 0 Å². The molecule has 0 unspecified atom stereocenters. The van der Waals surface area contributed by atoms with E-state index in [1.165, 1.54) is 33.4 Å². The molecule has 6 heteroatoms. The fourth-order valence-electron chi connectivity index (χ4n) is 10.5. The van der Waals surface area contributed by atoms with Crippen LogP contribution in [0, 0.1) is 0 Å². The molecule has 14 rings (SSSR count). The summed E-state index contributed by atoms with van der Waals surface area (Å²) >= 11 is 0. The van der Waals surface area contributed by atoms with Crippen molar-refractivity contribution in [2.24, 2.45) is 0 Å². The molecule has 13 aromatic rings. The summed E-state index contributed by atoms with van der Waals surface area (Å²) in [6, 6.07) is 65.6.